The largest absolute Gasteiger partial charge is 0.426 e. The highest BCUT2D eigenvalue weighted by atomic mass is 19.4. The number of aliphatic hydroxyl groups is 1. The molecule has 68 valence electrons. The summed E-state index contributed by atoms with van der Waals surface area (Å²) in [5.41, 5.74) is -3.54. The van der Waals surface area contributed by atoms with E-state index in [4.69, 9.17) is 5.11 Å². The van der Waals surface area contributed by atoms with E-state index in [0.717, 1.165) is 0 Å². The van der Waals surface area contributed by atoms with Crippen LogP contribution in [0.25, 0.3) is 0 Å². The van der Waals surface area contributed by atoms with Gasteiger partial charge >= 0.3 is 6.18 Å². The van der Waals surface area contributed by atoms with Gasteiger partial charge in [0.2, 0.25) is 11.5 Å². The zero-order chi connectivity index (χ0) is 9.57. The van der Waals surface area contributed by atoms with E-state index in [0.29, 0.717) is 0 Å². The van der Waals surface area contributed by atoms with Gasteiger partial charge in [0.1, 0.15) is 0 Å². The van der Waals surface area contributed by atoms with Crippen molar-refractivity contribution in [3.63, 3.8) is 0 Å². The van der Waals surface area contributed by atoms with Crippen molar-refractivity contribution in [1.29, 1.82) is 0 Å². The molecule has 1 aliphatic heterocycles. The topological polar surface area (TPSA) is 66.4 Å². The van der Waals surface area contributed by atoms with Gasteiger partial charge in [-0.3, -0.25) is 14.9 Å². The molecule has 0 unspecified atom stereocenters. The predicted molar refractivity (Wildman–Crippen MR) is 28.8 cm³/mol. The minimum Gasteiger partial charge on any atom is -0.372 e. The summed E-state index contributed by atoms with van der Waals surface area (Å²) in [5.74, 6) is -2.83. The molecule has 2 N–H and O–H groups in total. The number of hydrogen-bond donors (Lipinski definition) is 2. The van der Waals surface area contributed by atoms with Crippen molar-refractivity contribution in [3.8, 4) is 0 Å². The van der Waals surface area contributed by atoms with Crippen molar-refractivity contribution < 1.29 is 27.9 Å². The molecule has 1 fully saturated rings. The summed E-state index contributed by atoms with van der Waals surface area (Å²) in [7, 11) is 0. The van der Waals surface area contributed by atoms with Gasteiger partial charge in [-0.25, -0.2) is 0 Å². The van der Waals surface area contributed by atoms with Crippen molar-refractivity contribution >= 4 is 11.8 Å². The molecule has 1 rings (SSSR count). The zero-order valence-corrected chi connectivity index (χ0v) is 5.60. The molecule has 0 aromatic heterocycles. The Kier molecular flexibility index (Phi) is 1.64. The van der Waals surface area contributed by atoms with Crippen molar-refractivity contribution in [3.05, 3.63) is 0 Å². The van der Waals surface area contributed by atoms with Gasteiger partial charge in [-0.05, 0) is 0 Å². The SMILES string of the molecule is O=C1C[C@@](O)(C(F)(F)F)C(=O)N1. The van der Waals surface area contributed by atoms with Crippen LogP contribution in [0.15, 0.2) is 0 Å². The molecule has 1 atom stereocenters. The molecule has 2 amide bonds. The lowest BCUT2D eigenvalue weighted by molar-refractivity contribution is -0.246. The Morgan fingerprint density at radius 1 is 1.42 bits per heavy atom. The number of imide groups is 1. The molecular weight excluding hydrogens is 179 g/mol. The highest BCUT2D eigenvalue weighted by Crippen LogP contribution is 2.35. The molecule has 0 aromatic carbocycles. The third-order valence-electron chi connectivity index (χ3n) is 1.51. The first-order valence-electron chi connectivity index (χ1n) is 2.91. The fourth-order valence-corrected chi connectivity index (χ4v) is 0.816. The average molecular weight is 183 g/mol. The Morgan fingerprint density at radius 3 is 2.08 bits per heavy atom. The van der Waals surface area contributed by atoms with Gasteiger partial charge in [0, 0.05) is 0 Å². The molecule has 1 saturated heterocycles. The van der Waals surface area contributed by atoms with Gasteiger partial charge in [0.05, 0.1) is 6.42 Å². The summed E-state index contributed by atoms with van der Waals surface area (Å²) in [6, 6.07) is 0. The monoisotopic (exact) mass is 183 g/mol. The van der Waals surface area contributed by atoms with E-state index in [-0.39, 0.29) is 0 Å². The summed E-state index contributed by atoms with van der Waals surface area (Å²) in [6.45, 7) is 0. The van der Waals surface area contributed by atoms with Crippen LogP contribution < -0.4 is 5.32 Å². The predicted octanol–water partition coefficient (Wildman–Crippen LogP) is -0.674. The molecule has 1 aliphatic rings. The van der Waals surface area contributed by atoms with Gasteiger partial charge < -0.3 is 5.11 Å². The van der Waals surface area contributed by atoms with E-state index in [2.05, 4.69) is 0 Å². The third-order valence-corrected chi connectivity index (χ3v) is 1.51. The van der Waals surface area contributed by atoms with Gasteiger partial charge in [0.25, 0.3) is 5.91 Å². The van der Waals surface area contributed by atoms with Crippen LogP contribution in [0, 0.1) is 0 Å². The van der Waals surface area contributed by atoms with Crippen LogP contribution in [0.5, 0.6) is 0 Å². The first-order valence-corrected chi connectivity index (χ1v) is 2.91. The van der Waals surface area contributed by atoms with Crippen molar-refractivity contribution in [2.45, 2.75) is 18.2 Å². The van der Waals surface area contributed by atoms with Gasteiger partial charge in [-0.1, -0.05) is 0 Å². The van der Waals surface area contributed by atoms with Crippen LogP contribution in [0.2, 0.25) is 0 Å². The molecule has 12 heavy (non-hydrogen) atoms. The second-order valence-corrected chi connectivity index (χ2v) is 2.41. The number of amides is 2. The highest BCUT2D eigenvalue weighted by molar-refractivity contribution is 6.08. The van der Waals surface area contributed by atoms with E-state index in [1.54, 1.807) is 0 Å². The maximum Gasteiger partial charge on any atom is 0.426 e. The molecule has 0 bridgehead atoms. The number of halogens is 3. The van der Waals surface area contributed by atoms with Gasteiger partial charge in [0.15, 0.2) is 0 Å². The second-order valence-electron chi connectivity index (χ2n) is 2.41. The van der Waals surface area contributed by atoms with Crippen molar-refractivity contribution in [1.82, 2.24) is 5.32 Å². The molecule has 1 heterocycles. The van der Waals surface area contributed by atoms with Crippen LogP contribution in [-0.2, 0) is 9.59 Å². The van der Waals surface area contributed by atoms with E-state index in [1.807, 2.05) is 0 Å². The van der Waals surface area contributed by atoms with Crippen molar-refractivity contribution in [2.75, 3.05) is 0 Å². The number of alkyl halides is 3. The van der Waals surface area contributed by atoms with Crippen LogP contribution in [0.3, 0.4) is 0 Å². The lowest BCUT2D eigenvalue weighted by Crippen LogP contribution is -2.50. The lowest BCUT2D eigenvalue weighted by Gasteiger charge is -2.20. The summed E-state index contributed by atoms with van der Waals surface area (Å²) in [6.07, 6.45) is -6.36. The Hall–Kier alpha value is -1.11. The quantitative estimate of drug-likeness (QED) is 0.489. The first-order chi connectivity index (χ1) is 5.27. The number of carbonyl (C=O) groups excluding carboxylic acids is 2. The maximum absolute atomic E-state index is 11.9. The summed E-state index contributed by atoms with van der Waals surface area (Å²) in [5, 5.41) is 10.1. The second kappa shape index (κ2) is 2.19. The Labute approximate surface area is 64.4 Å². The number of carbonyl (C=O) groups is 2. The van der Waals surface area contributed by atoms with Crippen LogP contribution >= 0.6 is 0 Å². The van der Waals surface area contributed by atoms with Crippen molar-refractivity contribution in [2.24, 2.45) is 0 Å². The minimum absolute atomic E-state index is 1.13. The van der Waals surface area contributed by atoms with E-state index >= 15 is 0 Å². The van der Waals surface area contributed by atoms with E-state index in [9.17, 15) is 22.8 Å². The molecule has 0 saturated carbocycles. The fraction of sp³-hybridized carbons (Fsp3) is 0.600. The van der Waals surface area contributed by atoms with E-state index in [1.165, 1.54) is 5.32 Å². The summed E-state index contributed by atoms with van der Waals surface area (Å²) < 4.78 is 35.7. The normalized spacial score (nSPS) is 30.7. The molecular formula is C5H4F3NO3. The highest BCUT2D eigenvalue weighted by Gasteiger charge is 2.64. The van der Waals surface area contributed by atoms with Gasteiger partial charge in [-0.2, -0.15) is 13.2 Å². The van der Waals surface area contributed by atoms with Gasteiger partial charge in [-0.15, -0.1) is 0 Å². The summed E-state index contributed by atoms with van der Waals surface area (Å²) in [4.78, 5) is 20.8. The summed E-state index contributed by atoms with van der Waals surface area (Å²) >= 11 is 0. The molecule has 0 radical (unpaired) electrons. The maximum atomic E-state index is 11.9. The first kappa shape index (κ1) is 8.98. The lowest BCUT2D eigenvalue weighted by atomic mass is 10.0. The smallest absolute Gasteiger partial charge is 0.372 e. The molecule has 0 aliphatic carbocycles. The zero-order valence-electron chi connectivity index (χ0n) is 5.60. The van der Waals surface area contributed by atoms with Crippen LogP contribution in [-0.4, -0.2) is 28.7 Å². The molecule has 4 nitrogen and oxygen atoms in total. The standard InChI is InChI=1S/C5H4F3NO3/c6-5(7,8)4(12)1-2(10)9-3(4)11/h12H,1H2,(H,9,10,11)/t4-/m0/s1. The molecule has 0 spiro atoms. The number of nitrogens with one attached hydrogen (secondary N) is 1. The van der Waals surface area contributed by atoms with E-state index < -0.39 is 30.0 Å². The van der Waals surface area contributed by atoms with Crippen LogP contribution in [0.1, 0.15) is 6.42 Å². The fourth-order valence-electron chi connectivity index (χ4n) is 0.816. The Morgan fingerprint density at radius 2 is 1.92 bits per heavy atom. The molecule has 7 heteroatoms. The minimum atomic E-state index is -5.11. The van der Waals surface area contributed by atoms with Crippen LogP contribution in [0.4, 0.5) is 13.2 Å². The average Bonchev–Trinajstić information content (AvgIpc) is 2.06. The number of rotatable bonds is 0. The Balaban J connectivity index is 3.00. The number of hydrogen-bond acceptors (Lipinski definition) is 3. The third kappa shape index (κ3) is 1.06. The molecule has 0 aromatic rings. The Bertz CT molecular complexity index is 249.